The van der Waals surface area contributed by atoms with Gasteiger partial charge in [0.1, 0.15) is 5.52 Å². The Hall–Kier alpha value is -1.66. The van der Waals surface area contributed by atoms with Gasteiger partial charge in [0.05, 0.1) is 12.4 Å². The summed E-state index contributed by atoms with van der Waals surface area (Å²) in [6.45, 7) is 0.150. The normalized spacial score (nSPS) is 23.0. The summed E-state index contributed by atoms with van der Waals surface area (Å²) in [6.07, 6.45) is 6.54. The monoisotopic (exact) mass is 265 g/mol. The lowest BCUT2D eigenvalue weighted by Gasteiger charge is -2.12. The fraction of sp³-hybridized carbons (Fsp3) is 0.364. The molecule has 0 saturated carbocycles. The highest BCUT2D eigenvalue weighted by atomic mass is 35.5. The van der Waals surface area contributed by atoms with Crippen molar-refractivity contribution in [3.63, 3.8) is 0 Å². The fourth-order valence-corrected chi connectivity index (χ4v) is 2.45. The van der Waals surface area contributed by atoms with Crippen molar-refractivity contribution >= 4 is 28.7 Å². The first-order valence-corrected chi connectivity index (χ1v) is 6.01. The minimum absolute atomic E-state index is 0.123. The Kier molecular flexibility index (Phi) is 2.68. The van der Waals surface area contributed by atoms with Crippen molar-refractivity contribution in [2.24, 2.45) is 5.92 Å². The summed E-state index contributed by atoms with van der Waals surface area (Å²) in [4.78, 5) is 12.3. The molecule has 0 aliphatic heterocycles. The smallest absolute Gasteiger partial charge is 0.223 e. The number of rotatable bonds is 2. The second-order valence-corrected chi connectivity index (χ2v) is 4.69. The van der Waals surface area contributed by atoms with Crippen LogP contribution in [-0.4, -0.2) is 31.2 Å². The summed E-state index contributed by atoms with van der Waals surface area (Å²) >= 11 is 5.97. The van der Waals surface area contributed by atoms with Crippen molar-refractivity contribution in [1.82, 2.24) is 19.5 Å². The van der Waals surface area contributed by atoms with E-state index in [4.69, 9.17) is 22.4 Å². The summed E-state index contributed by atoms with van der Waals surface area (Å²) < 4.78 is 1.91. The minimum Gasteiger partial charge on any atom is -0.396 e. The predicted octanol–water partition coefficient (Wildman–Crippen LogP) is 1.17. The Morgan fingerprint density at radius 1 is 1.44 bits per heavy atom. The van der Waals surface area contributed by atoms with Gasteiger partial charge in [0.15, 0.2) is 10.8 Å². The molecule has 2 atom stereocenters. The number of aliphatic hydroxyl groups excluding tert-OH is 1. The van der Waals surface area contributed by atoms with Crippen LogP contribution >= 0.6 is 11.6 Å². The Labute approximate surface area is 108 Å². The van der Waals surface area contributed by atoms with E-state index in [1.54, 1.807) is 6.33 Å². The van der Waals surface area contributed by atoms with E-state index in [2.05, 4.69) is 15.0 Å². The Morgan fingerprint density at radius 3 is 3.00 bits per heavy atom. The number of aliphatic hydroxyl groups is 1. The van der Waals surface area contributed by atoms with Crippen molar-refractivity contribution in [2.75, 3.05) is 12.3 Å². The highest BCUT2D eigenvalue weighted by Gasteiger charge is 2.22. The Balaban J connectivity index is 2.06. The Bertz CT molecular complexity index is 623. The summed E-state index contributed by atoms with van der Waals surface area (Å²) in [5.41, 5.74) is 6.77. The molecule has 94 valence electrons. The van der Waals surface area contributed by atoms with E-state index in [1.807, 2.05) is 16.7 Å². The summed E-state index contributed by atoms with van der Waals surface area (Å²) in [7, 11) is 0. The first-order chi connectivity index (χ1) is 8.69. The van der Waals surface area contributed by atoms with Gasteiger partial charge in [-0.15, -0.1) is 0 Å². The number of nitrogens with two attached hydrogens (primary N) is 1. The summed E-state index contributed by atoms with van der Waals surface area (Å²) in [5.74, 6) is 0.317. The number of aromatic nitrogens is 4. The molecule has 0 aromatic carbocycles. The van der Waals surface area contributed by atoms with Crippen LogP contribution in [0.25, 0.3) is 11.2 Å². The zero-order chi connectivity index (χ0) is 12.7. The third-order valence-corrected chi connectivity index (χ3v) is 3.40. The average molecular weight is 266 g/mol. The second kappa shape index (κ2) is 4.22. The van der Waals surface area contributed by atoms with E-state index in [9.17, 15) is 0 Å². The van der Waals surface area contributed by atoms with E-state index in [-0.39, 0.29) is 29.7 Å². The maximum Gasteiger partial charge on any atom is 0.223 e. The largest absolute Gasteiger partial charge is 0.396 e. The topological polar surface area (TPSA) is 89.8 Å². The molecule has 0 unspecified atom stereocenters. The van der Waals surface area contributed by atoms with Crippen molar-refractivity contribution in [3.8, 4) is 0 Å². The molecule has 3 N–H and O–H groups in total. The molecule has 1 aliphatic carbocycles. The Morgan fingerprint density at radius 2 is 2.28 bits per heavy atom. The van der Waals surface area contributed by atoms with Crippen LogP contribution in [0.15, 0.2) is 18.5 Å². The van der Waals surface area contributed by atoms with E-state index < -0.39 is 0 Å². The van der Waals surface area contributed by atoms with Crippen LogP contribution in [-0.2, 0) is 0 Å². The fourth-order valence-electron chi connectivity index (χ4n) is 2.23. The molecule has 0 bridgehead atoms. The standard InChI is InChI=1S/C11H12ClN5O/c12-9-8-10(16-11(13)15-9)17(5-14-8)7-2-1-6(3-7)4-18/h1-2,5-7,18H,3-4H2,(H2,13,15,16)/t6-,7+/m1/s1. The molecule has 2 aromatic heterocycles. The molecule has 7 heteroatoms. The van der Waals surface area contributed by atoms with Gasteiger partial charge in [-0.3, -0.25) is 0 Å². The molecule has 0 spiro atoms. The second-order valence-electron chi connectivity index (χ2n) is 4.33. The third-order valence-electron chi connectivity index (χ3n) is 3.14. The highest BCUT2D eigenvalue weighted by Crippen LogP contribution is 2.30. The molecule has 2 heterocycles. The number of imidazole rings is 1. The number of hydrogen-bond acceptors (Lipinski definition) is 5. The zero-order valence-electron chi connectivity index (χ0n) is 9.49. The number of anilines is 1. The molecule has 2 aromatic rings. The SMILES string of the molecule is Nc1nc(Cl)c2ncn([C@H]3C=C[C@@H](CO)C3)c2n1. The molecular weight excluding hydrogens is 254 g/mol. The van der Waals surface area contributed by atoms with Gasteiger partial charge in [-0.05, 0) is 6.42 Å². The van der Waals surface area contributed by atoms with Crippen LogP contribution in [0, 0.1) is 5.92 Å². The first-order valence-electron chi connectivity index (χ1n) is 5.63. The molecular formula is C11H12ClN5O. The maximum absolute atomic E-state index is 9.14. The lowest BCUT2D eigenvalue weighted by atomic mass is 10.1. The number of fused-ring (bicyclic) bond motifs is 1. The molecule has 0 amide bonds. The van der Waals surface area contributed by atoms with Gasteiger partial charge in [0, 0.05) is 12.5 Å². The van der Waals surface area contributed by atoms with E-state index >= 15 is 0 Å². The van der Waals surface area contributed by atoms with Crippen molar-refractivity contribution in [1.29, 1.82) is 0 Å². The van der Waals surface area contributed by atoms with Crippen molar-refractivity contribution in [3.05, 3.63) is 23.6 Å². The van der Waals surface area contributed by atoms with Crippen molar-refractivity contribution in [2.45, 2.75) is 12.5 Å². The quantitative estimate of drug-likeness (QED) is 0.628. The summed E-state index contributed by atoms with van der Waals surface area (Å²) in [5, 5.41) is 9.40. The van der Waals surface area contributed by atoms with E-state index in [0.717, 1.165) is 6.42 Å². The van der Waals surface area contributed by atoms with Gasteiger partial charge in [-0.2, -0.15) is 9.97 Å². The lowest BCUT2D eigenvalue weighted by Crippen LogP contribution is -2.08. The summed E-state index contributed by atoms with van der Waals surface area (Å²) in [6, 6.07) is 0.123. The van der Waals surface area contributed by atoms with Gasteiger partial charge >= 0.3 is 0 Å². The number of nitrogen functional groups attached to an aromatic ring is 1. The van der Waals surface area contributed by atoms with Gasteiger partial charge in [-0.1, -0.05) is 23.8 Å². The predicted molar refractivity (Wildman–Crippen MR) is 68.1 cm³/mol. The van der Waals surface area contributed by atoms with Crippen LogP contribution < -0.4 is 5.73 Å². The number of hydrogen-bond donors (Lipinski definition) is 2. The number of allylic oxidation sites excluding steroid dienone is 1. The van der Waals surface area contributed by atoms with Gasteiger partial charge in [0.25, 0.3) is 0 Å². The van der Waals surface area contributed by atoms with Gasteiger partial charge in [-0.25, -0.2) is 4.98 Å². The first kappa shape index (κ1) is 11.4. The molecule has 6 nitrogen and oxygen atoms in total. The molecule has 3 rings (SSSR count). The minimum atomic E-state index is 0.123. The molecule has 0 fully saturated rings. The zero-order valence-corrected chi connectivity index (χ0v) is 10.2. The highest BCUT2D eigenvalue weighted by molar-refractivity contribution is 6.33. The van der Waals surface area contributed by atoms with Crippen LogP contribution in [0.5, 0.6) is 0 Å². The van der Waals surface area contributed by atoms with Crippen molar-refractivity contribution < 1.29 is 5.11 Å². The van der Waals surface area contributed by atoms with Crippen LogP contribution in [0.4, 0.5) is 5.95 Å². The lowest BCUT2D eigenvalue weighted by molar-refractivity contribution is 0.244. The van der Waals surface area contributed by atoms with Crippen LogP contribution in [0.2, 0.25) is 5.15 Å². The molecule has 1 aliphatic rings. The number of halogens is 1. The van der Waals surface area contributed by atoms with Gasteiger partial charge in [0.2, 0.25) is 5.95 Å². The van der Waals surface area contributed by atoms with E-state index in [0.29, 0.717) is 11.2 Å². The molecule has 0 saturated heterocycles. The van der Waals surface area contributed by atoms with E-state index in [1.165, 1.54) is 0 Å². The number of nitrogens with zero attached hydrogens (tertiary/aromatic N) is 4. The molecule has 18 heavy (non-hydrogen) atoms. The van der Waals surface area contributed by atoms with Gasteiger partial charge < -0.3 is 15.4 Å². The average Bonchev–Trinajstić information content (AvgIpc) is 2.93. The van der Waals surface area contributed by atoms with Crippen LogP contribution in [0.3, 0.4) is 0 Å². The van der Waals surface area contributed by atoms with Crippen LogP contribution in [0.1, 0.15) is 12.5 Å². The maximum atomic E-state index is 9.14. The third kappa shape index (κ3) is 1.74. The molecule has 0 radical (unpaired) electrons.